The van der Waals surface area contributed by atoms with E-state index in [1.807, 2.05) is 0 Å². The van der Waals surface area contributed by atoms with Crippen LogP contribution in [-0.4, -0.2) is 5.92 Å². The first-order valence-corrected chi connectivity index (χ1v) is 21.3. The van der Waals surface area contributed by atoms with Crippen molar-refractivity contribution in [3.8, 4) is 11.1 Å². The van der Waals surface area contributed by atoms with E-state index < -0.39 is 28.3 Å². The van der Waals surface area contributed by atoms with Crippen molar-refractivity contribution in [2.24, 2.45) is 0 Å². The second kappa shape index (κ2) is 8.54. The van der Waals surface area contributed by atoms with Gasteiger partial charge in [0.2, 0.25) is 0 Å². The van der Waals surface area contributed by atoms with E-state index in [-0.39, 0.29) is 0 Å². The topological polar surface area (TPSA) is 0 Å². The number of rotatable bonds is 4. The molecule has 0 radical (unpaired) electrons. The van der Waals surface area contributed by atoms with Gasteiger partial charge >= 0.3 is 222 Å². The number of hydrogen-bond donors (Lipinski definition) is 0. The predicted octanol–water partition coefficient (Wildman–Crippen LogP) is 8.14. The minimum absolute atomic E-state index is 0.332. The van der Waals surface area contributed by atoms with E-state index in [1.165, 1.54) is 38.9 Å². The molecule has 0 aromatic heterocycles. The molecule has 168 valence electrons. The summed E-state index contributed by atoms with van der Waals surface area (Å²) in [5.74, 6) is 0.0459. The fourth-order valence-corrected chi connectivity index (χ4v) is 16.4. The maximum atomic E-state index is 2.58. The van der Waals surface area contributed by atoms with Gasteiger partial charge in [-0.05, 0) is 0 Å². The summed E-state index contributed by atoms with van der Waals surface area (Å²) in [6.45, 7) is 5.16. The zero-order valence-corrected chi connectivity index (χ0v) is 23.8. The molecule has 2 heteroatoms. The number of fused-ring (bicyclic) bond motifs is 5. The van der Waals surface area contributed by atoms with Crippen LogP contribution in [0.2, 0.25) is 13.1 Å². The third-order valence-corrected chi connectivity index (χ3v) is 17.8. The SMILES string of the molecule is C[SiH](C)[Zr][CH]1c2ccccc2-c2ccc(C3C=Cc4ccccc43)c(C3C=Cc4ccccc43)c21. The number of benzene rings is 4. The normalized spacial score (nSPS) is 20.6. The van der Waals surface area contributed by atoms with E-state index >= 15 is 0 Å². The monoisotopic (exact) mass is 542 g/mol. The van der Waals surface area contributed by atoms with Gasteiger partial charge in [0.15, 0.2) is 0 Å². The Balaban J connectivity index is 1.52. The number of hydrogen-bond acceptors (Lipinski definition) is 0. The fourth-order valence-electron chi connectivity index (χ4n) is 6.50. The van der Waals surface area contributed by atoms with Crippen molar-refractivity contribution in [1.29, 1.82) is 0 Å². The van der Waals surface area contributed by atoms with Gasteiger partial charge in [0.1, 0.15) is 0 Å². The molecule has 4 aromatic rings. The molecule has 3 unspecified atom stereocenters. The molecular formula is C33H28SiZr. The second-order valence-corrected chi connectivity index (χ2v) is 25.3. The van der Waals surface area contributed by atoms with Crippen molar-refractivity contribution < 1.29 is 22.4 Å². The van der Waals surface area contributed by atoms with Crippen molar-refractivity contribution in [1.82, 2.24) is 0 Å². The van der Waals surface area contributed by atoms with Gasteiger partial charge in [0.25, 0.3) is 0 Å². The second-order valence-electron chi connectivity index (χ2n) is 10.3. The van der Waals surface area contributed by atoms with Crippen LogP contribution in [0.1, 0.15) is 60.0 Å². The van der Waals surface area contributed by atoms with Crippen molar-refractivity contribution in [2.75, 3.05) is 0 Å². The van der Waals surface area contributed by atoms with E-state index in [2.05, 4.69) is 122 Å². The first kappa shape index (κ1) is 21.7. The Morgan fingerprint density at radius 3 is 1.86 bits per heavy atom. The standard InChI is InChI=1S/C31H21.C2H7Si.Zr/c1-4-10-23-20(7-1)13-15-26(23)29-18-17-27-25-12-6-3-9-22(25)19-30(27)31(29)28-16-14-21-8-2-5-11-24(21)28;1-3-2;/h1-19,26,28H;3H,1-2H3;. The first-order chi connectivity index (χ1) is 17.2. The molecule has 0 spiro atoms. The molecule has 3 aliphatic rings. The zero-order chi connectivity index (χ0) is 23.5. The summed E-state index contributed by atoms with van der Waals surface area (Å²) < 4.78 is 0.674. The Morgan fingerprint density at radius 2 is 1.14 bits per heavy atom. The summed E-state index contributed by atoms with van der Waals surface area (Å²) >= 11 is -0.562. The van der Waals surface area contributed by atoms with Crippen LogP contribution in [0.25, 0.3) is 23.3 Å². The van der Waals surface area contributed by atoms with Crippen LogP contribution in [0.15, 0.2) is 97.1 Å². The van der Waals surface area contributed by atoms with Gasteiger partial charge in [0.05, 0.1) is 0 Å². The van der Waals surface area contributed by atoms with Crippen LogP contribution in [0, 0.1) is 0 Å². The van der Waals surface area contributed by atoms with Gasteiger partial charge < -0.3 is 0 Å². The summed E-state index contributed by atoms with van der Waals surface area (Å²) in [6, 6.07) is 32.2. The van der Waals surface area contributed by atoms with Crippen molar-refractivity contribution >= 4 is 18.1 Å². The average molecular weight is 544 g/mol. The van der Waals surface area contributed by atoms with Crippen molar-refractivity contribution in [3.63, 3.8) is 0 Å². The molecule has 0 heterocycles. The van der Waals surface area contributed by atoms with E-state index in [4.69, 9.17) is 0 Å². The van der Waals surface area contributed by atoms with Crippen LogP contribution in [-0.2, 0) is 22.4 Å². The van der Waals surface area contributed by atoms with Crippen LogP contribution in [0.3, 0.4) is 0 Å². The third-order valence-electron chi connectivity index (χ3n) is 7.92. The Bertz CT molecular complexity index is 1530. The molecule has 0 N–H and O–H groups in total. The molecule has 0 amide bonds. The molecule has 0 saturated heterocycles. The van der Waals surface area contributed by atoms with Gasteiger partial charge in [0, 0.05) is 0 Å². The molecule has 0 aliphatic heterocycles. The van der Waals surface area contributed by atoms with Crippen LogP contribution >= 0.6 is 0 Å². The van der Waals surface area contributed by atoms with Crippen molar-refractivity contribution in [2.45, 2.75) is 28.6 Å². The molecule has 0 fully saturated rings. The predicted molar refractivity (Wildman–Crippen MR) is 147 cm³/mol. The van der Waals surface area contributed by atoms with Crippen LogP contribution < -0.4 is 0 Å². The minimum atomic E-state index is -0.622. The Hall–Kier alpha value is -2.54. The summed E-state index contributed by atoms with van der Waals surface area (Å²) in [4.78, 5) is 0. The Labute approximate surface area is 220 Å². The summed E-state index contributed by atoms with van der Waals surface area (Å²) in [6.07, 6.45) is 9.61. The molecule has 4 aromatic carbocycles. The van der Waals surface area contributed by atoms with E-state index in [1.54, 1.807) is 16.7 Å². The first-order valence-electron chi connectivity index (χ1n) is 12.8. The number of allylic oxidation sites excluding steroid dienone is 2. The molecule has 3 aliphatic carbocycles. The Kier molecular flexibility index (Phi) is 5.30. The Morgan fingerprint density at radius 1 is 0.543 bits per heavy atom. The summed E-state index contributed by atoms with van der Waals surface area (Å²) in [5, 5.41) is 0. The molecule has 0 nitrogen and oxygen atoms in total. The van der Waals surface area contributed by atoms with Crippen LogP contribution in [0.4, 0.5) is 0 Å². The van der Waals surface area contributed by atoms with Crippen LogP contribution in [0.5, 0.6) is 0 Å². The molecular weight excluding hydrogens is 516 g/mol. The van der Waals surface area contributed by atoms with E-state index in [9.17, 15) is 0 Å². The zero-order valence-electron chi connectivity index (χ0n) is 20.2. The van der Waals surface area contributed by atoms with E-state index in [0.717, 1.165) is 0 Å². The average Bonchev–Trinajstić information content (AvgIpc) is 3.58. The van der Waals surface area contributed by atoms with Gasteiger partial charge in [-0.3, -0.25) is 0 Å². The quantitative estimate of drug-likeness (QED) is 0.228. The fraction of sp³-hybridized carbons (Fsp3) is 0.152. The molecule has 0 bridgehead atoms. The maximum absolute atomic E-state index is 2.58. The van der Waals surface area contributed by atoms with E-state index in [0.29, 0.717) is 15.5 Å². The van der Waals surface area contributed by atoms with Gasteiger partial charge in [-0.1, -0.05) is 0 Å². The van der Waals surface area contributed by atoms with Gasteiger partial charge in [-0.15, -0.1) is 0 Å². The molecule has 3 atom stereocenters. The van der Waals surface area contributed by atoms with Gasteiger partial charge in [-0.25, -0.2) is 0 Å². The third kappa shape index (κ3) is 3.41. The summed E-state index contributed by atoms with van der Waals surface area (Å²) in [7, 11) is 0. The molecule has 35 heavy (non-hydrogen) atoms. The molecule has 7 rings (SSSR count). The molecule has 0 saturated carbocycles. The van der Waals surface area contributed by atoms with Crippen molar-refractivity contribution in [3.05, 3.63) is 142 Å². The van der Waals surface area contributed by atoms with Gasteiger partial charge in [-0.2, -0.15) is 0 Å². The summed E-state index contributed by atoms with van der Waals surface area (Å²) in [5.41, 5.74) is 15.1.